The highest BCUT2D eigenvalue weighted by Crippen LogP contribution is 2.12. The highest BCUT2D eigenvalue weighted by molar-refractivity contribution is 5.34. The van der Waals surface area contributed by atoms with Crippen LogP contribution in [-0.4, -0.2) is 5.10 Å². The molecule has 0 aliphatic rings. The van der Waals surface area contributed by atoms with E-state index in [0.29, 0.717) is 12.2 Å². The molecule has 0 fully saturated rings. The van der Waals surface area contributed by atoms with Gasteiger partial charge in [0.15, 0.2) is 12.2 Å². The van der Waals surface area contributed by atoms with Gasteiger partial charge in [0.25, 0.3) is 0 Å². The largest absolute Gasteiger partial charge is 0.234 e. The van der Waals surface area contributed by atoms with Crippen molar-refractivity contribution in [2.45, 2.75) is 13.5 Å². The molecule has 16 heavy (non-hydrogen) atoms. The molecule has 1 aromatic heterocycles. The second-order valence-corrected chi connectivity index (χ2v) is 3.55. The number of benzene rings is 1. The quantitative estimate of drug-likeness (QED) is 0.625. The van der Waals surface area contributed by atoms with E-state index in [1.165, 1.54) is 12.1 Å². The van der Waals surface area contributed by atoms with E-state index in [1.54, 1.807) is 29.9 Å². The van der Waals surface area contributed by atoms with Crippen molar-refractivity contribution in [1.29, 1.82) is 0 Å². The zero-order valence-electron chi connectivity index (χ0n) is 8.77. The van der Waals surface area contributed by atoms with E-state index in [2.05, 4.69) is 10.3 Å². The van der Waals surface area contributed by atoms with Gasteiger partial charge < -0.3 is 0 Å². The van der Waals surface area contributed by atoms with E-state index < -0.39 is 0 Å². The Morgan fingerprint density at radius 3 is 2.62 bits per heavy atom. The Balaban J connectivity index is 2.23. The summed E-state index contributed by atoms with van der Waals surface area (Å²) >= 11 is 0. The molecule has 0 bridgehead atoms. The number of rotatable bonds is 3. The summed E-state index contributed by atoms with van der Waals surface area (Å²) in [7, 11) is 0. The molecule has 2 rings (SSSR count). The fourth-order valence-electron chi connectivity index (χ4n) is 1.51. The van der Waals surface area contributed by atoms with Crippen LogP contribution >= 0.6 is 0 Å². The minimum Gasteiger partial charge on any atom is -0.207 e. The number of halogens is 1. The van der Waals surface area contributed by atoms with E-state index in [-0.39, 0.29) is 5.82 Å². The number of H-pyrrole nitrogens is 1. The van der Waals surface area contributed by atoms with Crippen molar-refractivity contribution in [3.8, 4) is 0 Å². The summed E-state index contributed by atoms with van der Waals surface area (Å²) in [6, 6.07) is 6.23. The van der Waals surface area contributed by atoms with E-state index >= 15 is 0 Å². The Labute approximate surface area is 91.7 Å². The third kappa shape index (κ3) is 1.98. The van der Waals surface area contributed by atoms with Crippen LogP contribution in [0.4, 0.5) is 10.1 Å². The van der Waals surface area contributed by atoms with Gasteiger partial charge in [0.2, 0.25) is 5.69 Å². The van der Waals surface area contributed by atoms with Gasteiger partial charge in [0, 0.05) is 12.5 Å². The fourth-order valence-corrected chi connectivity index (χ4v) is 1.51. The van der Waals surface area contributed by atoms with Crippen molar-refractivity contribution in [2.24, 2.45) is 5.18 Å². The minimum atomic E-state index is -0.257. The highest BCUT2D eigenvalue weighted by atomic mass is 19.1. The van der Waals surface area contributed by atoms with Crippen LogP contribution in [0.25, 0.3) is 0 Å². The van der Waals surface area contributed by atoms with Crippen LogP contribution < -0.4 is 4.68 Å². The van der Waals surface area contributed by atoms with Gasteiger partial charge in [-0.2, -0.15) is 5.10 Å². The molecular weight excluding hydrogens is 209 g/mol. The maximum Gasteiger partial charge on any atom is 0.234 e. The third-order valence-electron chi connectivity index (χ3n) is 2.48. The van der Waals surface area contributed by atoms with Crippen LogP contribution in [0.1, 0.15) is 11.3 Å². The summed E-state index contributed by atoms with van der Waals surface area (Å²) in [5.41, 5.74) is 2.11. The molecule has 2 aromatic rings. The van der Waals surface area contributed by atoms with Gasteiger partial charge in [0.1, 0.15) is 5.82 Å². The van der Waals surface area contributed by atoms with Gasteiger partial charge in [-0.05, 0) is 29.4 Å². The predicted octanol–water partition coefficient (Wildman–Crippen LogP) is 2.20. The lowest BCUT2D eigenvalue weighted by Crippen LogP contribution is -2.38. The molecule has 4 nitrogen and oxygen atoms in total. The molecule has 5 heteroatoms. The van der Waals surface area contributed by atoms with E-state index in [4.69, 9.17) is 0 Å². The van der Waals surface area contributed by atoms with Crippen molar-refractivity contribution in [1.82, 2.24) is 5.10 Å². The summed E-state index contributed by atoms with van der Waals surface area (Å²) in [6.07, 6.45) is 1.55. The summed E-state index contributed by atoms with van der Waals surface area (Å²) in [5, 5.41) is 5.80. The third-order valence-corrected chi connectivity index (χ3v) is 2.48. The molecule has 0 amide bonds. The average molecular weight is 220 g/mol. The number of hydrogen-bond donors (Lipinski definition) is 1. The topological polar surface area (TPSA) is 49.1 Å². The minimum absolute atomic E-state index is 0.257. The highest BCUT2D eigenvalue weighted by Gasteiger charge is 2.15. The van der Waals surface area contributed by atoms with Gasteiger partial charge in [-0.1, -0.05) is 0 Å². The van der Waals surface area contributed by atoms with Crippen molar-refractivity contribution >= 4 is 5.69 Å². The number of hydrogen-bond acceptors (Lipinski definition) is 2. The molecule has 0 saturated heterocycles. The molecule has 0 aliphatic heterocycles. The van der Waals surface area contributed by atoms with Gasteiger partial charge in [-0.25, -0.2) is 4.39 Å². The first kappa shape index (κ1) is 10.5. The lowest BCUT2D eigenvalue weighted by atomic mass is 10.2. The molecular formula is C11H11FN3O+. The van der Waals surface area contributed by atoms with Crippen molar-refractivity contribution < 1.29 is 9.07 Å². The summed E-state index contributed by atoms with van der Waals surface area (Å²) < 4.78 is 14.5. The first-order valence-electron chi connectivity index (χ1n) is 4.86. The normalized spacial score (nSPS) is 10.4. The zero-order chi connectivity index (χ0) is 11.5. The Kier molecular flexibility index (Phi) is 2.76. The average Bonchev–Trinajstić information content (AvgIpc) is 2.63. The van der Waals surface area contributed by atoms with Gasteiger partial charge in [-0.15, -0.1) is 9.59 Å². The lowest BCUT2D eigenvalue weighted by Gasteiger charge is -1.95. The second kappa shape index (κ2) is 4.22. The monoisotopic (exact) mass is 220 g/mol. The number of nitrogens with zero attached hydrogens (tertiary/aromatic N) is 2. The summed E-state index contributed by atoms with van der Waals surface area (Å²) in [6.45, 7) is 2.36. The Bertz CT molecular complexity index is 504. The van der Waals surface area contributed by atoms with Gasteiger partial charge >= 0.3 is 0 Å². The molecule has 0 atom stereocenters. The van der Waals surface area contributed by atoms with E-state index in [0.717, 1.165) is 11.3 Å². The van der Waals surface area contributed by atoms with Gasteiger partial charge in [-0.3, -0.25) is 0 Å². The number of aromatic nitrogens is 2. The molecule has 0 spiro atoms. The van der Waals surface area contributed by atoms with E-state index in [1.807, 2.05) is 0 Å². The molecule has 1 aromatic carbocycles. The molecule has 0 saturated carbocycles. The lowest BCUT2D eigenvalue weighted by molar-refractivity contribution is -0.747. The standard InChI is InChI=1S/C11H10FN3O/c1-8-11(14-16)6-13-15(8)7-9-2-4-10(12)5-3-9/h2-6H,7H2,1H3/p+1. The molecule has 1 heterocycles. The first-order chi connectivity index (χ1) is 7.70. The van der Waals surface area contributed by atoms with Crippen LogP contribution in [-0.2, 0) is 6.54 Å². The van der Waals surface area contributed by atoms with Crippen LogP contribution in [0.5, 0.6) is 0 Å². The summed E-state index contributed by atoms with van der Waals surface area (Å²) in [4.78, 5) is 10.4. The zero-order valence-corrected chi connectivity index (χ0v) is 8.77. The van der Waals surface area contributed by atoms with Gasteiger partial charge in [0.05, 0.1) is 6.20 Å². The number of nitroso groups, excluding NO2 is 1. The molecule has 0 radical (unpaired) electrons. The molecule has 1 N–H and O–H groups in total. The summed E-state index contributed by atoms with van der Waals surface area (Å²) in [5.74, 6) is -0.257. The second-order valence-electron chi connectivity index (χ2n) is 3.55. The SMILES string of the molecule is Cc1c(N=O)c[nH][n+]1Cc1ccc(F)cc1. The molecule has 0 unspecified atom stereocenters. The van der Waals surface area contributed by atoms with E-state index in [9.17, 15) is 9.30 Å². The Hall–Kier alpha value is -2.04. The van der Waals surface area contributed by atoms with Crippen molar-refractivity contribution in [3.63, 3.8) is 0 Å². The van der Waals surface area contributed by atoms with Crippen LogP contribution in [0.2, 0.25) is 0 Å². The maximum absolute atomic E-state index is 12.7. The Morgan fingerprint density at radius 1 is 1.38 bits per heavy atom. The Morgan fingerprint density at radius 2 is 2.06 bits per heavy atom. The fraction of sp³-hybridized carbons (Fsp3) is 0.182. The maximum atomic E-state index is 12.7. The van der Waals surface area contributed by atoms with Crippen molar-refractivity contribution in [3.05, 3.63) is 52.4 Å². The van der Waals surface area contributed by atoms with Crippen LogP contribution in [0.3, 0.4) is 0 Å². The molecule has 82 valence electrons. The number of nitrogens with one attached hydrogen (secondary N) is 1. The molecule has 0 aliphatic carbocycles. The van der Waals surface area contributed by atoms with Crippen LogP contribution in [0, 0.1) is 17.6 Å². The number of aromatic amines is 1. The van der Waals surface area contributed by atoms with Crippen molar-refractivity contribution in [2.75, 3.05) is 0 Å². The smallest absolute Gasteiger partial charge is 0.207 e. The first-order valence-corrected chi connectivity index (χ1v) is 4.86. The predicted molar refractivity (Wildman–Crippen MR) is 56.7 cm³/mol. The van der Waals surface area contributed by atoms with Crippen LogP contribution in [0.15, 0.2) is 35.6 Å².